The van der Waals surface area contributed by atoms with E-state index in [-0.39, 0.29) is 18.4 Å². The number of nitrogens with one attached hydrogen (secondary N) is 1. The van der Waals surface area contributed by atoms with E-state index in [9.17, 15) is 9.59 Å². The normalized spacial score (nSPS) is 14.4. The molecule has 0 radical (unpaired) electrons. The molecule has 0 atom stereocenters. The van der Waals surface area contributed by atoms with Gasteiger partial charge in [-0.1, -0.05) is 23.8 Å². The number of thiophene rings is 1. The Morgan fingerprint density at radius 3 is 2.50 bits per heavy atom. The van der Waals surface area contributed by atoms with E-state index in [1.54, 1.807) is 12.1 Å². The molecule has 3 aromatic rings. The van der Waals surface area contributed by atoms with Gasteiger partial charge in [-0.05, 0) is 42.6 Å². The van der Waals surface area contributed by atoms with Gasteiger partial charge in [0.2, 0.25) is 0 Å². The number of aryl methyl sites for hydroxylation is 1. The number of benzene rings is 1. The minimum atomic E-state index is -0.352. The minimum Gasteiger partial charge on any atom is -0.467 e. The fraction of sp³-hybridized carbons (Fsp3) is 0.100. The summed E-state index contributed by atoms with van der Waals surface area (Å²) >= 11 is 1.43. The van der Waals surface area contributed by atoms with Crippen LogP contribution in [-0.2, 0) is 16.1 Å². The summed E-state index contributed by atoms with van der Waals surface area (Å²) in [6.45, 7) is 2.11. The molecule has 0 saturated carbocycles. The third-order valence-electron chi connectivity index (χ3n) is 4.15. The molecule has 6 heteroatoms. The molecule has 0 spiro atoms. The lowest BCUT2D eigenvalue weighted by atomic mass is 10.1. The summed E-state index contributed by atoms with van der Waals surface area (Å²) in [7, 11) is 0. The van der Waals surface area contributed by atoms with Gasteiger partial charge in [-0.2, -0.15) is 0 Å². The third kappa shape index (κ3) is 2.95. The van der Waals surface area contributed by atoms with Crippen LogP contribution in [0.5, 0.6) is 0 Å². The van der Waals surface area contributed by atoms with Crippen LogP contribution < -0.4 is 5.32 Å². The molecule has 1 aliphatic heterocycles. The van der Waals surface area contributed by atoms with Gasteiger partial charge >= 0.3 is 0 Å². The molecule has 0 fully saturated rings. The molecule has 2 amide bonds. The second kappa shape index (κ2) is 6.65. The molecule has 4 rings (SSSR count). The van der Waals surface area contributed by atoms with Gasteiger partial charge in [-0.3, -0.25) is 14.5 Å². The van der Waals surface area contributed by atoms with Crippen LogP contribution in [0.25, 0.3) is 5.57 Å². The van der Waals surface area contributed by atoms with Gasteiger partial charge in [-0.15, -0.1) is 11.3 Å². The highest BCUT2D eigenvalue weighted by Crippen LogP contribution is 2.33. The number of hydrogen-bond donors (Lipinski definition) is 1. The van der Waals surface area contributed by atoms with Crippen molar-refractivity contribution in [1.29, 1.82) is 0 Å². The van der Waals surface area contributed by atoms with Crippen LogP contribution >= 0.6 is 11.3 Å². The van der Waals surface area contributed by atoms with E-state index in [1.165, 1.54) is 22.5 Å². The van der Waals surface area contributed by atoms with E-state index in [0.29, 0.717) is 17.0 Å². The Balaban J connectivity index is 1.71. The molecule has 3 heterocycles. The number of nitrogens with zero attached hydrogens (tertiary/aromatic N) is 1. The number of carbonyl (C=O) groups is 2. The summed E-state index contributed by atoms with van der Waals surface area (Å²) in [6.07, 6.45) is 1.53. The largest absolute Gasteiger partial charge is 0.467 e. The van der Waals surface area contributed by atoms with Crippen LogP contribution in [0.4, 0.5) is 5.69 Å². The van der Waals surface area contributed by atoms with Crippen LogP contribution in [0.3, 0.4) is 0 Å². The van der Waals surface area contributed by atoms with Gasteiger partial charge in [0.05, 0.1) is 18.4 Å². The number of rotatable bonds is 5. The standard InChI is InChI=1S/C20H16N2O3S/c1-13-6-8-14(9-7-13)21-18-17(16-5-3-11-26-16)19(23)22(20(18)24)12-15-4-2-10-25-15/h2-11,21H,12H2,1H3. The van der Waals surface area contributed by atoms with Crippen molar-refractivity contribution in [3.8, 4) is 0 Å². The lowest BCUT2D eigenvalue weighted by Gasteiger charge is -2.13. The summed E-state index contributed by atoms with van der Waals surface area (Å²) in [5, 5.41) is 5.03. The lowest BCUT2D eigenvalue weighted by molar-refractivity contribution is -0.137. The van der Waals surface area contributed by atoms with Crippen LogP contribution in [0.1, 0.15) is 16.2 Å². The highest BCUT2D eigenvalue weighted by molar-refractivity contribution is 7.11. The predicted octanol–water partition coefficient (Wildman–Crippen LogP) is 4.04. The maximum absolute atomic E-state index is 13.0. The van der Waals surface area contributed by atoms with E-state index in [2.05, 4.69) is 5.32 Å². The number of carbonyl (C=O) groups excluding carboxylic acids is 2. The molecule has 0 bridgehead atoms. The van der Waals surface area contributed by atoms with Crippen molar-refractivity contribution in [2.75, 3.05) is 5.32 Å². The van der Waals surface area contributed by atoms with Crippen molar-refractivity contribution in [2.45, 2.75) is 13.5 Å². The van der Waals surface area contributed by atoms with Crippen LogP contribution in [-0.4, -0.2) is 16.7 Å². The van der Waals surface area contributed by atoms with Crippen LogP contribution in [0.2, 0.25) is 0 Å². The molecule has 0 unspecified atom stereocenters. The SMILES string of the molecule is Cc1ccc(NC2=C(c3cccs3)C(=O)N(Cc3ccco3)C2=O)cc1. The van der Waals surface area contributed by atoms with Gasteiger partial charge in [0.25, 0.3) is 11.8 Å². The van der Waals surface area contributed by atoms with Crippen molar-refractivity contribution < 1.29 is 14.0 Å². The van der Waals surface area contributed by atoms with E-state index >= 15 is 0 Å². The summed E-state index contributed by atoms with van der Waals surface area (Å²) in [4.78, 5) is 27.9. The number of anilines is 1. The highest BCUT2D eigenvalue weighted by atomic mass is 32.1. The highest BCUT2D eigenvalue weighted by Gasteiger charge is 2.40. The first-order chi connectivity index (χ1) is 12.6. The first-order valence-electron chi connectivity index (χ1n) is 8.14. The Hall–Kier alpha value is -3.12. The zero-order chi connectivity index (χ0) is 18.1. The molecular weight excluding hydrogens is 348 g/mol. The van der Waals surface area contributed by atoms with Gasteiger partial charge in [0.1, 0.15) is 11.5 Å². The Morgan fingerprint density at radius 2 is 1.85 bits per heavy atom. The Labute approximate surface area is 154 Å². The number of amides is 2. The number of imide groups is 1. The summed E-state index contributed by atoms with van der Waals surface area (Å²) < 4.78 is 5.30. The molecule has 130 valence electrons. The van der Waals surface area contributed by atoms with Crippen molar-refractivity contribution in [2.24, 2.45) is 0 Å². The first-order valence-corrected chi connectivity index (χ1v) is 9.02. The predicted molar refractivity (Wildman–Crippen MR) is 100 cm³/mol. The zero-order valence-electron chi connectivity index (χ0n) is 14.1. The molecular formula is C20H16N2O3S. The summed E-state index contributed by atoms with van der Waals surface area (Å²) in [5.74, 6) is -0.104. The van der Waals surface area contributed by atoms with Crippen LogP contribution in [0, 0.1) is 6.92 Å². The van der Waals surface area contributed by atoms with Crippen molar-refractivity contribution in [3.05, 3.63) is 82.1 Å². The van der Waals surface area contributed by atoms with Crippen molar-refractivity contribution in [3.63, 3.8) is 0 Å². The molecule has 1 N–H and O–H groups in total. The average Bonchev–Trinajstić information content (AvgIpc) is 3.37. The Kier molecular flexibility index (Phi) is 4.18. The van der Waals surface area contributed by atoms with E-state index in [1.807, 2.05) is 48.7 Å². The number of furan rings is 1. The molecule has 2 aromatic heterocycles. The second-order valence-corrected chi connectivity index (χ2v) is 6.94. The molecule has 1 aliphatic rings. The summed E-state index contributed by atoms with van der Waals surface area (Å²) in [5.41, 5.74) is 2.59. The monoisotopic (exact) mass is 364 g/mol. The van der Waals surface area contributed by atoms with Gasteiger partial charge < -0.3 is 9.73 Å². The fourth-order valence-electron chi connectivity index (χ4n) is 2.82. The average molecular weight is 364 g/mol. The zero-order valence-corrected chi connectivity index (χ0v) is 14.9. The van der Waals surface area contributed by atoms with Gasteiger partial charge in [0, 0.05) is 10.6 Å². The van der Waals surface area contributed by atoms with E-state index in [4.69, 9.17) is 4.42 Å². The third-order valence-corrected chi connectivity index (χ3v) is 5.04. The topological polar surface area (TPSA) is 62.6 Å². The first kappa shape index (κ1) is 16.4. The molecule has 1 aromatic carbocycles. The second-order valence-electron chi connectivity index (χ2n) is 5.99. The minimum absolute atomic E-state index is 0.110. The maximum Gasteiger partial charge on any atom is 0.278 e. The Morgan fingerprint density at radius 1 is 1.04 bits per heavy atom. The van der Waals surface area contributed by atoms with Gasteiger partial charge in [0.15, 0.2) is 0 Å². The number of hydrogen-bond acceptors (Lipinski definition) is 5. The molecule has 0 aliphatic carbocycles. The van der Waals surface area contributed by atoms with E-state index in [0.717, 1.165) is 16.1 Å². The van der Waals surface area contributed by atoms with Gasteiger partial charge in [-0.25, -0.2) is 0 Å². The summed E-state index contributed by atoms with van der Waals surface area (Å²) in [6, 6.07) is 14.9. The fourth-order valence-corrected chi connectivity index (χ4v) is 3.59. The molecule has 0 saturated heterocycles. The Bertz CT molecular complexity index is 971. The van der Waals surface area contributed by atoms with E-state index < -0.39 is 0 Å². The molecule has 5 nitrogen and oxygen atoms in total. The maximum atomic E-state index is 13.0. The van der Waals surface area contributed by atoms with Crippen molar-refractivity contribution in [1.82, 2.24) is 4.90 Å². The quantitative estimate of drug-likeness (QED) is 0.694. The van der Waals surface area contributed by atoms with Crippen molar-refractivity contribution >= 4 is 34.4 Å². The van der Waals surface area contributed by atoms with Crippen LogP contribution in [0.15, 0.2) is 70.3 Å². The lowest BCUT2D eigenvalue weighted by Crippen LogP contribution is -2.31. The smallest absolute Gasteiger partial charge is 0.278 e. The molecule has 26 heavy (non-hydrogen) atoms.